The molecule has 0 aromatic carbocycles. The highest BCUT2D eigenvalue weighted by Crippen LogP contribution is 2.05. The Balaban J connectivity index is 0.000000354. The quantitative estimate of drug-likeness (QED) is 0.691. The maximum absolute atomic E-state index is 5.44. The first kappa shape index (κ1) is 11.9. The molecule has 0 aromatic heterocycles. The fraction of sp³-hybridized carbons (Fsp3) is 1.00. The van der Waals surface area contributed by atoms with E-state index in [1.54, 1.807) is 0 Å². The number of rotatable bonds is 2. The predicted molar refractivity (Wildman–Crippen MR) is 53.5 cm³/mol. The molecule has 1 fully saturated rings. The molecule has 0 aromatic rings. The zero-order chi connectivity index (χ0) is 9.23. The van der Waals surface area contributed by atoms with Gasteiger partial charge in [-0.1, -0.05) is 20.3 Å². The fourth-order valence-electron chi connectivity index (χ4n) is 1.20. The third-order valence-corrected chi connectivity index (χ3v) is 1.69. The summed E-state index contributed by atoms with van der Waals surface area (Å²) in [4.78, 5) is 0. The molecule has 0 aliphatic carbocycles. The van der Waals surface area contributed by atoms with Gasteiger partial charge in [0.1, 0.15) is 0 Å². The van der Waals surface area contributed by atoms with Crippen LogP contribution in [0.5, 0.6) is 0 Å². The SMILES string of the molecule is CCC.CCOC1CCNCC1. The van der Waals surface area contributed by atoms with Gasteiger partial charge in [0.25, 0.3) is 0 Å². The summed E-state index contributed by atoms with van der Waals surface area (Å²) in [5, 5.41) is 3.29. The van der Waals surface area contributed by atoms with Gasteiger partial charge in [0.15, 0.2) is 0 Å². The van der Waals surface area contributed by atoms with E-state index >= 15 is 0 Å². The largest absolute Gasteiger partial charge is 0.378 e. The van der Waals surface area contributed by atoms with Gasteiger partial charge < -0.3 is 10.1 Å². The van der Waals surface area contributed by atoms with Crippen LogP contribution < -0.4 is 5.32 Å². The summed E-state index contributed by atoms with van der Waals surface area (Å²) in [5.41, 5.74) is 0. The minimum Gasteiger partial charge on any atom is -0.378 e. The van der Waals surface area contributed by atoms with Crippen LogP contribution in [0, 0.1) is 0 Å². The molecule has 1 saturated heterocycles. The van der Waals surface area contributed by atoms with Crippen LogP contribution in [0.1, 0.15) is 40.0 Å². The van der Waals surface area contributed by atoms with Crippen molar-refractivity contribution in [3.63, 3.8) is 0 Å². The summed E-state index contributed by atoms with van der Waals surface area (Å²) in [7, 11) is 0. The summed E-state index contributed by atoms with van der Waals surface area (Å²) in [5.74, 6) is 0. The predicted octanol–water partition coefficient (Wildman–Crippen LogP) is 2.19. The zero-order valence-electron chi connectivity index (χ0n) is 8.73. The van der Waals surface area contributed by atoms with Crippen molar-refractivity contribution in [2.24, 2.45) is 0 Å². The van der Waals surface area contributed by atoms with Gasteiger partial charge in [-0.25, -0.2) is 0 Å². The monoisotopic (exact) mass is 173 g/mol. The molecule has 0 spiro atoms. The van der Waals surface area contributed by atoms with Crippen molar-refractivity contribution in [2.75, 3.05) is 19.7 Å². The molecule has 74 valence electrons. The number of ether oxygens (including phenoxy) is 1. The summed E-state index contributed by atoms with van der Waals surface area (Å²) < 4.78 is 5.44. The third kappa shape index (κ3) is 6.62. The Hall–Kier alpha value is -0.0800. The normalized spacial score (nSPS) is 18.2. The van der Waals surface area contributed by atoms with Crippen LogP contribution in [0.25, 0.3) is 0 Å². The van der Waals surface area contributed by atoms with Crippen molar-refractivity contribution in [3.05, 3.63) is 0 Å². The molecule has 0 atom stereocenters. The second-order valence-electron chi connectivity index (χ2n) is 3.11. The highest BCUT2D eigenvalue weighted by Gasteiger charge is 2.11. The highest BCUT2D eigenvalue weighted by molar-refractivity contribution is 4.67. The molecule has 1 N–H and O–H groups in total. The molecule has 0 amide bonds. The summed E-state index contributed by atoms with van der Waals surface area (Å²) in [6.07, 6.45) is 4.16. The van der Waals surface area contributed by atoms with Crippen molar-refractivity contribution in [2.45, 2.75) is 46.1 Å². The number of hydrogen-bond acceptors (Lipinski definition) is 2. The number of nitrogens with one attached hydrogen (secondary N) is 1. The Bertz CT molecular complexity index is 77.2. The number of hydrogen-bond donors (Lipinski definition) is 1. The van der Waals surface area contributed by atoms with Gasteiger partial charge >= 0.3 is 0 Å². The van der Waals surface area contributed by atoms with Crippen molar-refractivity contribution in [3.8, 4) is 0 Å². The maximum Gasteiger partial charge on any atom is 0.0599 e. The van der Waals surface area contributed by atoms with Gasteiger partial charge in [0, 0.05) is 6.61 Å². The molecule has 1 aliphatic rings. The molecule has 1 rings (SSSR count). The minimum atomic E-state index is 0.538. The summed E-state index contributed by atoms with van der Waals surface area (Å²) in [6.45, 7) is 9.43. The zero-order valence-corrected chi connectivity index (χ0v) is 8.73. The molecule has 0 unspecified atom stereocenters. The van der Waals surface area contributed by atoms with Crippen LogP contribution in [-0.2, 0) is 4.74 Å². The van der Waals surface area contributed by atoms with Gasteiger partial charge in [-0.2, -0.15) is 0 Å². The van der Waals surface area contributed by atoms with E-state index in [4.69, 9.17) is 4.74 Å². The summed E-state index contributed by atoms with van der Waals surface area (Å²) in [6, 6.07) is 0. The van der Waals surface area contributed by atoms with E-state index in [1.165, 1.54) is 19.3 Å². The van der Waals surface area contributed by atoms with Crippen LogP contribution in [-0.4, -0.2) is 25.8 Å². The van der Waals surface area contributed by atoms with E-state index in [-0.39, 0.29) is 0 Å². The average Bonchev–Trinajstić information content (AvgIpc) is 2.08. The lowest BCUT2D eigenvalue weighted by Crippen LogP contribution is -2.32. The maximum atomic E-state index is 5.44. The molecular weight excluding hydrogens is 150 g/mol. The van der Waals surface area contributed by atoms with Crippen molar-refractivity contribution in [1.82, 2.24) is 5.32 Å². The second kappa shape index (κ2) is 9.01. The van der Waals surface area contributed by atoms with Crippen LogP contribution in [0.3, 0.4) is 0 Å². The molecule has 1 heterocycles. The molecular formula is C10H23NO. The van der Waals surface area contributed by atoms with Crippen LogP contribution >= 0.6 is 0 Å². The van der Waals surface area contributed by atoms with Crippen LogP contribution in [0.4, 0.5) is 0 Å². The topological polar surface area (TPSA) is 21.3 Å². The van der Waals surface area contributed by atoms with E-state index in [1.807, 2.05) is 0 Å². The Morgan fingerprint density at radius 3 is 2.08 bits per heavy atom. The van der Waals surface area contributed by atoms with E-state index < -0.39 is 0 Å². The van der Waals surface area contributed by atoms with Crippen LogP contribution in [0.15, 0.2) is 0 Å². The average molecular weight is 173 g/mol. The Morgan fingerprint density at radius 2 is 1.67 bits per heavy atom. The summed E-state index contributed by atoms with van der Waals surface area (Å²) >= 11 is 0. The van der Waals surface area contributed by atoms with E-state index in [2.05, 4.69) is 26.1 Å². The van der Waals surface area contributed by atoms with Crippen molar-refractivity contribution in [1.29, 1.82) is 0 Å². The first-order valence-electron chi connectivity index (χ1n) is 5.17. The standard InChI is InChI=1S/C7H15NO.C3H8/c1-2-9-7-3-5-8-6-4-7;1-3-2/h7-8H,2-6H2,1H3;3H2,1-2H3. The smallest absolute Gasteiger partial charge is 0.0599 e. The first-order valence-corrected chi connectivity index (χ1v) is 5.17. The lowest BCUT2D eigenvalue weighted by Gasteiger charge is -2.21. The van der Waals surface area contributed by atoms with Gasteiger partial charge in [0.05, 0.1) is 6.10 Å². The highest BCUT2D eigenvalue weighted by atomic mass is 16.5. The van der Waals surface area contributed by atoms with Gasteiger partial charge in [-0.3, -0.25) is 0 Å². The lowest BCUT2D eigenvalue weighted by molar-refractivity contribution is 0.0416. The molecule has 2 nitrogen and oxygen atoms in total. The molecule has 1 aliphatic heterocycles. The van der Waals surface area contributed by atoms with Gasteiger partial charge in [-0.15, -0.1) is 0 Å². The third-order valence-electron chi connectivity index (χ3n) is 1.69. The molecule has 0 saturated carbocycles. The Labute approximate surface area is 76.7 Å². The Kier molecular flexibility index (Phi) is 8.95. The van der Waals surface area contributed by atoms with Gasteiger partial charge in [0.2, 0.25) is 0 Å². The lowest BCUT2D eigenvalue weighted by atomic mass is 10.1. The van der Waals surface area contributed by atoms with Crippen LogP contribution in [0.2, 0.25) is 0 Å². The van der Waals surface area contributed by atoms with Crippen molar-refractivity contribution >= 4 is 0 Å². The Morgan fingerprint density at radius 1 is 1.17 bits per heavy atom. The first-order chi connectivity index (χ1) is 5.85. The fourth-order valence-corrected chi connectivity index (χ4v) is 1.20. The molecule has 0 bridgehead atoms. The second-order valence-corrected chi connectivity index (χ2v) is 3.11. The van der Waals surface area contributed by atoms with Crippen molar-refractivity contribution < 1.29 is 4.74 Å². The molecule has 2 heteroatoms. The number of piperidine rings is 1. The molecule has 12 heavy (non-hydrogen) atoms. The van der Waals surface area contributed by atoms with Gasteiger partial charge in [-0.05, 0) is 32.9 Å². The minimum absolute atomic E-state index is 0.538. The van der Waals surface area contributed by atoms with E-state index in [9.17, 15) is 0 Å². The van der Waals surface area contributed by atoms with E-state index in [0.717, 1.165) is 19.7 Å². The van der Waals surface area contributed by atoms with E-state index in [0.29, 0.717) is 6.10 Å². The molecule has 0 radical (unpaired) electrons.